The second-order valence-corrected chi connectivity index (χ2v) is 8.43. The minimum atomic E-state index is -4.07. The first-order chi connectivity index (χ1) is 16.4. The molecule has 0 saturated carbocycles. The minimum absolute atomic E-state index is 0.0556. The Labute approximate surface area is 194 Å². The third kappa shape index (κ3) is 5.54. The largest absolute Gasteiger partial charge is 0.491 e. The molecule has 0 aliphatic rings. The molecule has 0 N–H and O–H groups in total. The Hall–Kier alpha value is -4.29. The van der Waals surface area contributed by atoms with Crippen LogP contribution in [0, 0.1) is 10.1 Å². The molecule has 0 radical (unpaired) electrons. The number of nitro benzene ring substituents is 1. The van der Waals surface area contributed by atoms with Crippen LogP contribution < -0.4 is 4.74 Å². The standard InChI is InChI=1S/C22H17N5O6S/c28-27(29)18-9-11-20(12-10-18)34(30,31)33-14-13-32-19-8-4-7-17(15-19)22-25-23-21(24-26-22)16-5-2-1-3-6-16/h1-12,15H,13-14H2. The normalized spacial score (nSPS) is 11.2. The summed E-state index contributed by atoms with van der Waals surface area (Å²) in [4.78, 5) is 9.89. The summed E-state index contributed by atoms with van der Waals surface area (Å²) in [6, 6.07) is 20.6. The molecule has 34 heavy (non-hydrogen) atoms. The van der Waals surface area contributed by atoms with Crippen molar-refractivity contribution < 1.29 is 22.3 Å². The quantitative estimate of drug-likeness (QED) is 0.151. The third-order valence-corrected chi connectivity index (χ3v) is 5.86. The van der Waals surface area contributed by atoms with Gasteiger partial charge >= 0.3 is 0 Å². The summed E-state index contributed by atoms with van der Waals surface area (Å²) < 4.78 is 34.9. The molecule has 12 heteroatoms. The van der Waals surface area contributed by atoms with Gasteiger partial charge in [-0.1, -0.05) is 42.5 Å². The number of non-ortho nitro benzene ring substituents is 1. The molecule has 4 rings (SSSR count). The maximum Gasteiger partial charge on any atom is 0.297 e. The van der Waals surface area contributed by atoms with Gasteiger partial charge in [0.25, 0.3) is 15.8 Å². The highest BCUT2D eigenvalue weighted by Crippen LogP contribution is 2.22. The Morgan fingerprint density at radius 2 is 1.38 bits per heavy atom. The zero-order valence-corrected chi connectivity index (χ0v) is 18.3. The van der Waals surface area contributed by atoms with Crippen LogP contribution in [0.1, 0.15) is 0 Å². The molecule has 0 amide bonds. The number of rotatable bonds is 9. The molecular weight excluding hydrogens is 462 g/mol. The topological polar surface area (TPSA) is 147 Å². The van der Waals surface area contributed by atoms with Gasteiger partial charge in [-0.3, -0.25) is 14.3 Å². The smallest absolute Gasteiger partial charge is 0.297 e. The molecule has 3 aromatic carbocycles. The first-order valence-corrected chi connectivity index (χ1v) is 11.3. The van der Waals surface area contributed by atoms with Crippen LogP contribution in [0.5, 0.6) is 5.75 Å². The number of hydrogen-bond acceptors (Lipinski definition) is 10. The Balaban J connectivity index is 1.34. The highest BCUT2D eigenvalue weighted by atomic mass is 32.2. The molecule has 0 aliphatic heterocycles. The van der Waals surface area contributed by atoms with Crippen LogP contribution in [-0.4, -0.2) is 46.9 Å². The van der Waals surface area contributed by atoms with E-state index in [0.29, 0.717) is 23.0 Å². The summed E-state index contributed by atoms with van der Waals surface area (Å²) in [5.41, 5.74) is 1.21. The first-order valence-electron chi connectivity index (χ1n) is 9.92. The number of nitrogens with zero attached hydrogens (tertiary/aromatic N) is 5. The molecule has 0 spiro atoms. The molecular formula is C22H17N5O6S. The van der Waals surface area contributed by atoms with Gasteiger partial charge in [-0.15, -0.1) is 20.4 Å². The van der Waals surface area contributed by atoms with Gasteiger partial charge in [0.15, 0.2) is 0 Å². The molecule has 11 nitrogen and oxygen atoms in total. The van der Waals surface area contributed by atoms with E-state index in [2.05, 4.69) is 20.4 Å². The van der Waals surface area contributed by atoms with Gasteiger partial charge in [0.1, 0.15) is 19.0 Å². The average molecular weight is 479 g/mol. The Morgan fingerprint density at radius 3 is 2.03 bits per heavy atom. The highest BCUT2D eigenvalue weighted by Gasteiger charge is 2.17. The van der Waals surface area contributed by atoms with Gasteiger partial charge in [-0.25, -0.2) is 0 Å². The van der Waals surface area contributed by atoms with E-state index in [4.69, 9.17) is 8.92 Å². The van der Waals surface area contributed by atoms with Gasteiger partial charge in [0.05, 0.1) is 9.82 Å². The lowest BCUT2D eigenvalue weighted by Gasteiger charge is -2.09. The van der Waals surface area contributed by atoms with Crippen molar-refractivity contribution in [3.05, 3.63) is 89.0 Å². The summed E-state index contributed by atoms with van der Waals surface area (Å²) in [5.74, 6) is 1.16. The van der Waals surface area contributed by atoms with Gasteiger partial charge in [0.2, 0.25) is 11.6 Å². The summed E-state index contributed by atoms with van der Waals surface area (Å²) in [6.07, 6.45) is 0. The predicted molar refractivity (Wildman–Crippen MR) is 120 cm³/mol. The van der Waals surface area contributed by atoms with Crippen molar-refractivity contribution in [1.82, 2.24) is 20.4 Å². The zero-order valence-electron chi connectivity index (χ0n) is 17.5. The fraction of sp³-hybridized carbons (Fsp3) is 0.0909. The minimum Gasteiger partial charge on any atom is -0.491 e. The molecule has 0 saturated heterocycles. The summed E-state index contributed by atoms with van der Waals surface area (Å²) >= 11 is 0. The Bertz CT molecular complexity index is 1380. The maximum atomic E-state index is 12.2. The van der Waals surface area contributed by atoms with Crippen LogP contribution in [0.25, 0.3) is 22.8 Å². The van der Waals surface area contributed by atoms with Gasteiger partial charge in [0, 0.05) is 23.3 Å². The lowest BCUT2D eigenvalue weighted by molar-refractivity contribution is -0.384. The lowest BCUT2D eigenvalue weighted by atomic mass is 10.2. The number of nitro groups is 1. The van der Waals surface area contributed by atoms with Crippen LogP contribution in [-0.2, 0) is 14.3 Å². The van der Waals surface area contributed by atoms with Crippen molar-refractivity contribution in [2.75, 3.05) is 13.2 Å². The van der Waals surface area contributed by atoms with Gasteiger partial charge in [-0.05, 0) is 24.3 Å². The van der Waals surface area contributed by atoms with Gasteiger partial charge in [-0.2, -0.15) is 8.42 Å². The van der Waals surface area contributed by atoms with Crippen molar-refractivity contribution in [1.29, 1.82) is 0 Å². The monoisotopic (exact) mass is 479 g/mol. The van der Waals surface area contributed by atoms with Crippen LogP contribution >= 0.6 is 0 Å². The molecule has 1 heterocycles. The van der Waals surface area contributed by atoms with Crippen molar-refractivity contribution in [2.24, 2.45) is 0 Å². The molecule has 1 aromatic heterocycles. The number of aromatic nitrogens is 4. The van der Waals surface area contributed by atoms with E-state index >= 15 is 0 Å². The van der Waals surface area contributed by atoms with E-state index in [1.165, 1.54) is 0 Å². The molecule has 0 aliphatic carbocycles. The van der Waals surface area contributed by atoms with E-state index in [9.17, 15) is 18.5 Å². The van der Waals surface area contributed by atoms with E-state index in [-0.39, 0.29) is 23.8 Å². The van der Waals surface area contributed by atoms with Crippen molar-refractivity contribution in [3.63, 3.8) is 0 Å². The number of benzene rings is 3. The molecule has 0 unspecified atom stereocenters. The molecule has 0 atom stereocenters. The van der Waals surface area contributed by atoms with E-state index < -0.39 is 15.0 Å². The van der Waals surface area contributed by atoms with Crippen LogP contribution in [0.3, 0.4) is 0 Å². The highest BCUT2D eigenvalue weighted by molar-refractivity contribution is 7.86. The maximum absolute atomic E-state index is 12.2. The molecule has 172 valence electrons. The van der Waals surface area contributed by atoms with Crippen molar-refractivity contribution in [2.45, 2.75) is 4.90 Å². The number of hydrogen-bond donors (Lipinski definition) is 0. The lowest BCUT2D eigenvalue weighted by Crippen LogP contribution is -2.13. The van der Waals surface area contributed by atoms with E-state index in [1.54, 1.807) is 24.3 Å². The second kappa shape index (κ2) is 10.1. The summed E-state index contributed by atoms with van der Waals surface area (Å²) in [5, 5.41) is 27.2. The average Bonchev–Trinajstić information content (AvgIpc) is 2.87. The second-order valence-electron chi connectivity index (χ2n) is 6.82. The van der Waals surface area contributed by atoms with Crippen LogP contribution in [0.15, 0.2) is 83.8 Å². The fourth-order valence-corrected chi connectivity index (χ4v) is 3.77. The molecule has 0 bridgehead atoms. The van der Waals surface area contributed by atoms with Crippen molar-refractivity contribution >= 4 is 15.8 Å². The summed E-state index contributed by atoms with van der Waals surface area (Å²) in [6.45, 7) is -0.311. The fourth-order valence-electron chi connectivity index (χ4n) is 2.88. The molecule has 4 aromatic rings. The van der Waals surface area contributed by atoms with E-state index in [0.717, 1.165) is 29.8 Å². The predicted octanol–water partition coefficient (Wildman–Crippen LogP) is 3.29. The molecule has 0 fully saturated rings. The first kappa shape index (κ1) is 22.9. The Kier molecular flexibility index (Phi) is 6.80. The SMILES string of the molecule is O=[N+]([O-])c1ccc(S(=O)(=O)OCCOc2cccc(-c3nnc(-c4ccccc4)nn3)c2)cc1. The summed E-state index contributed by atoms with van der Waals surface area (Å²) in [7, 11) is -4.07. The van der Waals surface area contributed by atoms with Crippen LogP contribution in [0.2, 0.25) is 0 Å². The van der Waals surface area contributed by atoms with Crippen molar-refractivity contribution in [3.8, 4) is 28.5 Å². The van der Waals surface area contributed by atoms with E-state index in [1.807, 2.05) is 30.3 Å². The third-order valence-electron chi connectivity index (χ3n) is 4.53. The zero-order chi connectivity index (χ0) is 24.0. The van der Waals surface area contributed by atoms with Crippen LogP contribution in [0.4, 0.5) is 5.69 Å². The Morgan fingerprint density at radius 1 is 0.765 bits per heavy atom. The van der Waals surface area contributed by atoms with Gasteiger partial charge < -0.3 is 4.74 Å². The number of ether oxygens (including phenoxy) is 1.